The fourth-order valence-corrected chi connectivity index (χ4v) is 2.65. The molecule has 9 nitrogen and oxygen atoms in total. The van der Waals surface area contributed by atoms with E-state index in [0.717, 1.165) is 10.6 Å². The van der Waals surface area contributed by atoms with Gasteiger partial charge in [0.15, 0.2) is 11.8 Å². The van der Waals surface area contributed by atoms with Crippen molar-refractivity contribution in [2.45, 2.75) is 32.4 Å². The van der Waals surface area contributed by atoms with Crippen LogP contribution in [-0.4, -0.2) is 40.4 Å². The van der Waals surface area contributed by atoms with Crippen molar-refractivity contribution in [3.63, 3.8) is 0 Å². The standard InChI is InChI=1S/C20H23N3O6/c1-14(2)29-12-6-10-21-20(26)18(22-11-4-3-9-17(22)24)19(25)15-7-5-8-16(13-15)23(27)28/h3-5,7-9,11,13-14,18H,6,10,12H2,1-2H3,(H,21,26)/t18-/m0/s1. The van der Waals surface area contributed by atoms with Crippen molar-refractivity contribution in [3.05, 3.63) is 74.7 Å². The van der Waals surface area contributed by atoms with Crippen molar-refractivity contribution >= 4 is 17.4 Å². The van der Waals surface area contributed by atoms with Gasteiger partial charge in [-0.2, -0.15) is 0 Å². The van der Waals surface area contributed by atoms with Gasteiger partial charge in [0.05, 0.1) is 11.0 Å². The first-order valence-electron chi connectivity index (χ1n) is 9.16. The Balaban J connectivity index is 2.26. The first kappa shape index (κ1) is 22.0. The van der Waals surface area contributed by atoms with Crippen LogP contribution in [0.4, 0.5) is 5.69 Å². The number of hydrogen-bond donors (Lipinski definition) is 1. The second-order valence-electron chi connectivity index (χ2n) is 6.58. The number of pyridine rings is 1. The average Bonchev–Trinajstić information content (AvgIpc) is 2.69. The number of ether oxygens (including phenoxy) is 1. The summed E-state index contributed by atoms with van der Waals surface area (Å²) in [6.45, 7) is 4.49. The van der Waals surface area contributed by atoms with E-state index in [-0.39, 0.29) is 23.9 Å². The lowest BCUT2D eigenvalue weighted by Crippen LogP contribution is -2.41. The van der Waals surface area contributed by atoms with E-state index in [0.29, 0.717) is 13.0 Å². The first-order chi connectivity index (χ1) is 13.8. The molecule has 9 heteroatoms. The molecule has 0 radical (unpaired) electrons. The van der Waals surface area contributed by atoms with Gasteiger partial charge in [0.2, 0.25) is 0 Å². The molecule has 0 fully saturated rings. The molecular formula is C20H23N3O6. The number of benzene rings is 1. The Morgan fingerprint density at radius 1 is 1.21 bits per heavy atom. The highest BCUT2D eigenvalue weighted by atomic mass is 16.6. The third-order valence-electron chi connectivity index (χ3n) is 4.04. The topological polar surface area (TPSA) is 121 Å². The Hall–Kier alpha value is -3.33. The molecule has 2 aromatic rings. The van der Waals surface area contributed by atoms with Crippen LogP contribution in [-0.2, 0) is 9.53 Å². The van der Waals surface area contributed by atoms with Gasteiger partial charge in [0.1, 0.15) is 0 Å². The highest BCUT2D eigenvalue weighted by molar-refractivity contribution is 6.12. The molecule has 0 aliphatic rings. The maximum atomic E-state index is 13.0. The summed E-state index contributed by atoms with van der Waals surface area (Å²) in [6.07, 6.45) is 1.94. The predicted octanol–water partition coefficient (Wildman–Crippen LogP) is 2.11. The third-order valence-corrected chi connectivity index (χ3v) is 4.04. The van der Waals surface area contributed by atoms with Gasteiger partial charge in [0.25, 0.3) is 17.2 Å². The summed E-state index contributed by atoms with van der Waals surface area (Å²) >= 11 is 0. The van der Waals surface area contributed by atoms with E-state index in [1.165, 1.54) is 42.6 Å². The van der Waals surface area contributed by atoms with Gasteiger partial charge >= 0.3 is 0 Å². The van der Waals surface area contributed by atoms with Crippen molar-refractivity contribution in [2.75, 3.05) is 13.2 Å². The minimum atomic E-state index is -1.48. The Labute approximate surface area is 167 Å². The molecule has 0 saturated carbocycles. The van der Waals surface area contributed by atoms with Crippen molar-refractivity contribution < 1.29 is 19.2 Å². The second kappa shape index (κ2) is 10.3. The van der Waals surface area contributed by atoms with Gasteiger partial charge < -0.3 is 10.1 Å². The van der Waals surface area contributed by atoms with Crippen LogP contribution in [0.2, 0.25) is 0 Å². The lowest BCUT2D eigenvalue weighted by atomic mass is 10.0. The number of carbonyl (C=O) groups is 2. The number of aromatic nitrogens is 1. The van der Waals surface area contributed by atoms with Gasteiger partial charge in [-0.25, -0.2) is 0 Å². The fourth-order valence-electron chi connectivity index (χ4n) is 2.65. The largest absolute Gasteiger partial charge is 0.379 e. The van der Waals surface area contributed by atoms with Crippen molar-refractivity contribution in [2.24, 2.45) is 0 Å². The maximum absolute atomic E-state index is 13.0. The van der Waals surface area contributed by atoms with Crippen molar-refractivity contribution in [3.8, 4) is 0 Å². The summed E-state index contributed by atoms with van der Waals surface area (Å²) in [7, 11) is 0. The number of hydrogen-bond acceptors (Lipinski definition) is 6. The highest BCUT2D eigenvalue weighted by Gasteiger charge is 2.30. The molecule has 154 valence electrons. The normalized spacial score (nSPS) is 11.8. The molecule has 1 aromatic carbocycles. The number of ketones is 1. The van der Waals surface area contributed by atoms with E-state index in [4.69, 9.17) is 4.74 Å². The zero-order valence-electron chi connectivity index (χ0n) is 16.2. The predicted molar refractivity (Wildman–Crippen MR) is 106 cm³/mol. The smallest absolute Gasteiger partial charge is 0.270 e. The molecule has 1 aromatic heterocycles. The van der Waals surface area contributed by atoms with Gasteiger partial charge in [-0.1, -0.05) is 18.2 Å². The summed E-state index contributed by atoms with van der Waals surface area (Å²) in [6, 6.07) is 7.85. The van der Waals surface area contributed by atoms with Crippen LogP contribution in [0.3, 0.4) is 0 Å². The van der Waals surface area contributed by atoms with Crippen LogP contribution >= 0.6 is 0 Å². The SMILES string of the molecule is CC(C)OCCCNC(=O)[C@H](C(=O)c1cccc([N+](=O)[O-])c1)n1ccccc1=O. The van der Waals surface area contributed by atoms with Gasteiger partial charge in [-0.05, 0) is 26.3 Å². The number of Topliss-reactive ketones (excluding diaryl/α,β-unsaturated/α-hetero) is 1. The lowest BCUT2D eigenvalue weighted by Gasteiger charge is -2.18. The minimum absolute atomic E-state index is 0.0294. The van der Waals surface area contributed by atoms with Gasteiger partial charge in [0, 0.05) is 43.1 Å². The molecule has 0 aliphatic carbocycles. The molecule has 1 atom stereocenters. The number of nitrogens with zero attached hydrogens (tertiary/aromatic N) is 2. The zero-order valence-corrected chi connectivity index (χ0v) is 16.2. The quantitative estimate of drug-likeness (QED) is 0.214. The molecule has 29 heavy (non-hydrogen) atoms. The number of nitro groups is 1. The van der Waals surface area contributed by atoms with Crippen molar-refractivity contribution in [1.82, 2.24) is 9.88 Å². The fraction of sp³-hybridized carbons (Fsp3) is 0.350. The molecule has 2 rings (SSSR count). The second-order valence-corrected chi connectivity index (χ2v) is 6.58. The Kier molecular flexibility index (Phi) is 7.79. The van der Waals surface area contributed by atoms with Crippen molar-refractivity contribution in [1.29, 1.82) is 0 Å². The molecule has 1 heterocycles. The van der Waals surface area contributed by atoms with E-state index in [1.54, 1.807) is 0 Å². The summed E-state index contributed by atoms with van der Waals surface area (Å²) in [5, 5.41) is 13.6. The molecule has 0 saturated heterocycles. The van der Waals surface area contributed by atoms with E-state index in [9.17, 15) is 24.5 Å². The van der Waals surface area contributed by atoms with Crippen LogP contribution in [0.5, 0.6) is 0 Å². The molecule has 1 N–H and O–H groups in total. The van der Waals surface area contributed by atoms with E-state index >= 15 is 0 Å². The molecular weight excluding hydrogens is 378 g/mol. The molecule has 0 bridgehead atoms. The third kappa shape index (κ3) is 6.08. The Bertz CT molecular complexity index is 938. The number of amides is 1. The number of carbonyl (C=O) groups excluding carboxylic acids is 2. The number of nitrogens with one attached hydrogen (secondary N) is 1. The zero-order chi connectivity index (χ0) is 21.4. The summed E-state index contributed by atoms with van der Waals surface area (Å²) in [4.78, 5) is 48.4. The minimum Gasteiger partial charge on any atom is -0.379 e. The number of rotatable bonds is 10. The number of non-ortho nitro benzene ring substituents is 1. The van der Waals surface area contributed by atoms with Crippen LogP contribution in [0.25, 0.3) is 0 Å². The summed E-state index contributed by atoms with van der Waals surface area (Å²) in [5.41, 5.74) is -0.839. The van der Waals surface area contributed by atoms with E-state index in [2.05, 4.69) is 5.32 Å². The van der Waals surface area contributed by atoms with Gasteiger partial charge in [-0.3, -0.25) is 29.1 Å². The summed E-state index contributed by atoms with van der Waals surface area (Å²) < 4.78 is 6.42. The van der Waals surface area contributed by atoms with E-state index < -0.39 is 28.2 Å². The summed E-state index contributed by atoms with van der Waals surface area (Å²) in [5.74, 6) is -1.38. The number of nitro benzene ring substituents is 1. The average molecular weight is 401 g/mol. The maximum Gasteiger partial charge on any atom is 0.270 e. The van der Waals surface area contributed by atoms with Crippen LogP contribution in [0, 0.1) is 10.1 Å². The van der Waals surface area contributed by atoms with Crippen LogP contribution < -0.4 is 10.9 Å². The van der Waals surface area contributed by atoms with Crippen LogP contribution in [0.15, 0.2) is 53.5 Å². The van der Waals surface area contributed by atoms with Gasteiger partial charge in [-0.15, -0.1) is 0 Å². The Morgan fingerprint density at radius 3 is 2.62 bits per heavy atom. The molecule has 0 spiro atoms. The van der Waals surface area contributed by atoms with Crippen LogP contribution in [0.1, 0.15) is 36.7 Å². The monoisotopic (exact) mass is 401 g/mol. The Morgan fingerprint density at radius 2 is 1.97 bits per heavy atom. The first-order valence-corrected chi connectivity index (χ1v) is 9.16. The molecule has 0 aliphatic heterocycles. The van der Waals surface area contributed by atoms with E-state index in [1.807, 2.05) is 13.8 Å². The molecule has 1 amide bonds. The highest BCUT2D eigenvalue weighted by Crippen LogP contribution is 2.19. The lowest BCUT2D eigenvalue weighted by molar-refractivity contribution is -0.384. The molecule has 0 unspecified atom stereocenters.